The Bertz CT molecular complexity index is 674. The monoisotopic (exact) mass is 383 g/mol. The highest BCUT2D eigenvalue weighted by atomic mass is 16.8. The number of aliphatic hydroxyl groups is 1. The Morgan fingerprint density at radius 2 is 1.70 bits per heavy atom. The lowest BCUT2D eigenvalue weighted by Crippen LogP contribution is -2.56. The second-order valence-corrected chi connectivity index (χ2v) is 8.17. The van der Waals surface area contributed by atoms with Crippen LogP contribution in [-0.2, 0) is 33.3 Å². The van der Waals surface area contributed by atoms with Gasteiger partial charge in [0.25, 0.3) is 0 Å². The SMILES string of the molecule is CC1(C)OCC2O[C@@H](N3C=CC(=O)CC3=O)C(O)[C@H]3OC(C)(C)OC3[C@@H]2O1. The molecule has 0 aromatic heterocycles. The molecule has 9 heteroatoms. The first-order valence-corrected chi connectivity index (χ1v) is 9.09. The van der Waals surface area contributed by atoms with Crippen LogP contribution in [0.25, 0.3) is 0 Å². The predicted molar refractivity (Wildman–Crippen MR) is 89.0 cm³/mol. The molecular weight excluding hydrogens is 358 g/mol. The summed E-state index contributed by atoms with van der Waals surface area (Å²) in [6, 6.07) is 0. The van der Waals surface area contributed by atoms with Gasteiger partial charge in [0.05, 0.1) is 13.0 Å². The number of aliphatic hydroxyl groups excluding tert-OH is 1. The summed E-state index contributed by atoms with van der Waals surface area (Å²) in [6.07, 6.45) is -2.38. The molecule has 3 saturated heterocycles. The minimum atomic E-state index is -1.20. The zero-order valence-corrected chi connectivity index (χ0v) is 15.8. The molecule has 0 saturated carbocycles. The Morgan fingerprint density at radius 3 is 2.41 bits per heavy atom. The van der Waals surface area contributed by atoms with Crippen molar-refractivity contribution in [3.8, 4) is 0 Å². The number of hydrogen-bond acceptors (Lipinski definition) is 8. The van der Waals surface area contributed by atoms with E-state index in [9.17, 15) is 14.7 Å². The van der Waals surface area contributed by atoms with Crippen LogP contribution in [0.1, 0.15) is 34.1 Å². The predicted octanol–water partition coefficient (Wildman–Crippen LogP) is 0.0589. The zero-order valence-electron chi connectivity index (χ0n) is 15.8. The van der Waals surface area contributed by atoms with E-state index >= 15 is 0 Å². The number of rotatable bonds is 1. The topological polar surface area (TPSA) is 104 Å². The Labute approximate surface area is 157 Å². The summed E-state index contributed by atoms with van der Waals surface area (Å²) >= 11 is 0. The second-order valence-electron chi connectivity index (χ2n) is 8.17. The van der Waals surface area contributed by atoms with Gasteiger partial charge in [-0.1, -0.05) is 0 Å². The fourth-order valence-corrected chi connectivity index (χ4v) is 3.97. The third-order valence-electron chi connectivity index (χ3n) is 5.12. The van der Waals surface area contributed by atoms with Gasteiger partial charge in [0.2, 0.25) is 5.91 Å². The first kappa shape index (κ1) is 19.0. The van der Waals surface area contributed by atoms with Crippen molar-refractivity contribution < 1.29 is 38.4 Å². The van der Waals surface area contributed by atoms with Crippen molar-refractivity contribution in [1.29, 1.82) is 0 Å². The quantitative estimate of drug-likeness (QED) is 0.634. The molecule has 3 fully saturated rings. The zero-order chi connectivity index (χ0) is 19.6. The van der Waals surface area contributed by atoms with E-state index in [1.807, 2.05) is 0 Å². The van der Waals surface area contributed by atoms with E-state index in [1.54, 1.807) is 27.7 Å². The minimum absolute atomic E-state index is 0.207. The Hall–Kier alpha value is -1.36. The average molecular weight is 383 g/mol. The van der Waals surface area contributed by atoms with Gasteiger partial charge < -0.3 is 28.8 Å². The van der Waals surface area contributed by atoms with E-state index in [2.05, 4.69) is 0 Å². The molecule has 6 atom stereocenters. The van der Waals surface area contributed by atoms with Crippen molar-refractivity contribution in [3.63, 3.8) is 0 Å². The van der Waals surface area contributed by atoms with Gasteiger partial charge in [-0.05, 0) is 33.8 Å². The van der Waals surface area contributed by atoms with Crippen LogP contribution in [0.4, 0.5) is 0 Å². The van der Waals surface area contributed by atoms with Crippen molar-refractivity contribution in [1.82, 2.24) is 4.90 Å². The Morgan fingerprint density at radius 1 is 1.04 bits per heavy atom. The molecule has 3 unspecified atom stereocenters. The first-order chi connectivity index (χ1) is 12.6. The number of hydrogen-bond donors (Lipinski definition) is 1. The molecule has 0 radical (unpaired) electrons. The molecule has 150 valence electrons. The van der Waals surface area contributed by atoms with Crippen molar-refractivity contribution in [2.45, 2.75) is 82.4 Å². The highest BCUT2D eigenvalue weighted by molar-refractivity contribution is 6.06. The van der Waals surface area contributed by atoms with E-state index in [0.717, 1.165) is 0 Å². The largest absolute Gasteiger partial charge is 0.386 e. The van der Waals surface area contributed by atoms with E-state index < -0.39 is 54.2 Å². The molecule has 0 aromatic carbocycles. The molecule has 1 amide bonds. The van der Waals surface area contributed by atoms with Crippen molar-refractivity contribution in [3.05, 3.63) is 12.3 Å². The lowest BCUT2D eigenvalue weighted by atomic mass is 9.99. The number of nitrogens with zero attached hydrogens (tertiary/aromatic N) is 1. The summed E-state index contributed by atoms with van der Waals surface area (Å²) in [5.74, 6) is -2.50. The summed E-state index contributed by atoms with van der Waals surface area (Å²) in [5, 5.41) is 11.0. The van der Waals surface area contributed by atoms with Crippen LogP contribution in [0.3, 0.4) is 0 Å². The minimum Gasteiger partial charge on any atom is -0.386 e. The molecule has 0 aliphatic carbocycles. The fraction of sp³-hybridized carbons (Fsp3) is 0.778. The molecule has 0 spiro atoms. The molecule has 27 heavy (non-hydrogen) atoms. The number of carbonyl (C=O) groups is 2. The van der Waals surface area contributed by atoms with Crippen LogP contribution in [0.5, 0.6) is 0 Å². The maximum atomic E-state index is 12.4. The van der Waals surface area contributed by atoms with Gasteiger partial charge in [0, 0.05) is 6.20 Å². The van der Waals surface area contributed by atoms with Crippen molar-refractivity contribution >= 4 is 11.7 Å². The summed E-state index contributed by atoms with van der Waals surface area (Å²) in [4.78, 5) is 25.1. The second kappa shape index (κ2) is 6.33. The lowest BCUT2D eigenvalue weighted by Gasteiger charge is -2.43. The van der Waals surface area contributed by atoms with E-state index in [4.69, 9.17) is 23.7 Å². The number of ketones is 1. The molecular formula is C18H25NO8. The van der Waals surface area contributed by atoms with Crippen LogP contribution >= 0.6 is 0 Å². The van der Waals surface area contributed by atoms with Gasteiger partial charge in [-0.25, -0.2) is 0 Å². The Balaban J connectivity index is 1.69. The number of allylic oxidation sites excluding steroid dienone is 1. The molecule has 4 aliphatic rings. The van der Waals surface area contributed by atoms with Gasteiger partial charge in [0.1, 0.15) is 30.5 Å². The first-order valence-electron chi connectivity index (χ1n) is 9.09. The average Bonchev–Trinajstić information content (AvgIpc) is 2.84. The van der Waals surface area contributed by atoms with Gasteiger partial charge >= 0.3 is 0 Å². The van der Waals surface area contributed by atoms with Crippen LogP contribution < -0.4 is 0 Å². The van der Waals surface area contributed by atoms with E-state index in [-0.39, 0.29) is 18.8 Å². The Kier molecular flexibility index (Phi) is 4.45. The van der Waals surface area contributed by atoms with Crippen LogP contribution in [0, 0.1) is 0 Å². The summed E-state index contributed by atoms with van der Waals surface area (Å²) in [7, 11) is 0. The number of fused-ring (bicyclic) bond motifs is 3. The van der Waals surface area contributed by atoms with Gasteiger partial charge in [-0.2, -0.15) is 0 Å². The molecule has 4 rings (SSSR count). The third kappa shape index (κ3) is 3.43. The van der Waals surface area contributed by atoms with E-state index in [0.29, 0.717) is 0 Å². The smallest absolute Gasteiger partial charge is 0.236 e. The van der Waals surface area contributed by atoms with E-state index in [1.165, 1.54) is 17.2 Å². The molecule has 0 bridgehead atoms. The van der Waals surface area contributed by atoms with Crippen molar-refractivity contribution in [2.24, 2.45) is 0 Å². The van der Waals surface area contributed by atoms with Gasteiger partial charge in [-0.3, -0.25) is 14.5 Å². The maximum Gasteiger partial charge on any atom is 0.236 e. The maximum absolute atomic E-state index is 12.4. The normalized spacial score (nSPS) is 43.2. The number of amides is 1. The van der Waals surface area contributed by atoms with Crippen LogP contribution in [-0.4, -0.2) is 76.6 Å². The molecule has 9 nitrogen and oxygen atoms in total. The van der Waals surface area contributed by atoms with Gasteiger partial charge in [-0.15, -0.1) is 0 Å². The number of ether oxygens (including phenoxy) is 5. The summed E-state index contributed by atoms with van der Waals surface area (Å²) in [6.45, 7) is 7.31. The number of carbonyl (C=O) groups excluding carboxylic acids is 2. The molecule has 1 N–H and O–H groups in total. The van der Waals surface area contributed by atoms with Gasteiger partial charge in [0.15, 0.2) is 23.6 Å². The highest BCUT2D eigenvalue weighted by Crippen LogP contribution is 2.41. The standard InChI is InChI=1S/C18H25NO8/c1-17(2)23-8-10-13(25-17)15-14(26-18(3,4)27-15)12(22)16(24-10)19-6-5-9(20)7-11(19)21/h5-6,10,12-16,22H,7-8H2,1-4H3/t10?,12?,13-,14-,15?,16-/m1/s1. The molecule has 4 heterocycles. The summed E-state index contributed by atoms with van der Waals surface area (Å²) in [5.41, 5.74) is 0. The fourth-order valence-electron chi connectivity index (χ4n) is 3.97. The van der Waals surface area contributed by atoms with Crippen molar-refractivity contribution in [2.75, 3.05) is 6.61 Å². The highest BCUT2D eigenvalue weighted by Gasteiger charge is 2.59. The third-order valence-corrected chi connectivity index (χ3v) is 5.12. The lowest BCUT2D eigenvalue weighted by molar-refractivity contribution is -0.333. The molecule has 4 aliphatic heterocycles. The molecule has 0 aromatic rings. The summed E-state index contributed by atoms with van der Waals surface area (Å²) < 4.78 is 29.8. The van der Waals surface area contributed by atoms with Crippen LogP contribution in [0.15, 0.2) is 12.3 Å². The van der Waals surface area contributed by atoms with Crippen LogP contribution in [0.2, 0.25) is 0 Å².